The van der Waals surface area contributed by atoms with Crippen LogP contribution in [-0.4, -0.2) is 26.6 Å². The molecule has 0 heterocycles. The van der Waals surface area contributed by atoms with Gasteiger partial charge in [-0.3, -0.25) is 0 Å². The lowest BCUT2D eigenvalue weighted by molar-refractivity contribution is 0.235. The fourth-order valence-electron chi connectivity index (χ4n) is 1.30. The third-order valence-corrected chi connectivity index (χ3v) is 4.30. The molecule has 102 valence electrons. The van der Waals surface area contributed by atoms with Crippen LogP contribution in [0.15, 0.2) is 29.2 Å². The molecule has 0 amide bonds. The highest BCUT2D eigenvalue weighted by Crippen LogP contribution is 2.26. The molecule has 0 saturated heterocycles. The predicted octanol–water partition coefficient (Wildman–Crippen LogP) is 2.97. The van der Waals surface area contributed by atoms with Gasteiger partial charge in [-0.25, -0.2) is 8.42 Å². The number of anilines is 1. The molecule has 7 heteroatoms. The van der Waals surface area contributed by atoms with Crippen molar-refractivity contribution in [1.29, 1.82) is 0 Å². The summed E-state index contributed by atoms with van der Waals surface area (Å²) in [6.45, 7) is 2.28. The Hall–Kier alpha value is -0.880. The van der Waals surface area contributed by atoms with Crippen LogP contribution in [0.4, 0.5) is 14.5 Å². The van der Waals surface area contributed by atoms with Gasteiger partial charge < -0.3 is 5.32 Å². The molecule has 0 aliphatic rings. The van der Waals surface area contributed by atoms with E-state index in [0.717, 1.165) is 6.07 Å². The van der Waals surface area contributed by atoms with Crippen molar-refractivity contribution in [1.82, 2.24) is 0 Å². The van der Waals surface area contributed by atoms with E-state index in [9.17, 15) is 17.2 Å². The molecule has 0 bridgehead atoms. The third-order valence-electron chi connectivity index (χ3n) is 2.33. The molecule has 18 heavy (non-hydrogen) atoms. The molecule has 0 spiro atoms. The average Bonchev–Trinajstić information content (AvgIpc) is 2.35. The highest BCUT2D eigenvalue weighted by Gasteiger charge is 2.28. The van der Waals surface area contributed by atoms with E-state index < -0.39 is 15.6 Å². The second-order valence-electron chi connectivity index (χ2n) is 3.94. The first kappa shape index (κ1) is 15.2. The number of sulfone groups is 1. The monoisotopic (exact) mass is 297 g/mol. The van der Waals surface area contributed by atoms with Gasteiger partial charge >= 0.3 is 5.76 Å². The van der Waals surface area contributed by atoms with Gasteiger partial charge in [0.25, 0.3) is 0 Å². The largest absolute Gasteiger partial charge is 0.384 e. The van der Waals surface area contributed by atoms with Crippen LogP contribution in [0.1, 0.15) is 6.92 Å². The first-order valence-electron chi connectivity index (χ1n) is 5.30. The van der Waals surface area contributed by atoms with E-state index in [-0.39, 0.29) is 16.5 Å². The molecule has 0 radical (unpaired) electrons. The van der Waals surface area contributed by atoms with Crippen LogP contribution in [-0.2, 0) is 9.84 Å². The van der Waals surface area contributed by atoms with Crippen molar-refractivity contribution in [2.45, 2.75) is 17.6 Å². The van der Waals surface area contributed by atoms with Gasteiger partial charge in [-0.2, -0.15) is 8.78 Å². The molecule has 0 aliphatic carbocycles. The first-order valence-corrected chi connectivity index (χ1v) is 7.38. The number of halogens is 3. The Kier molecular flexibility index (Phi) is 5.34. The van der Waals surface area contributed by atoms with Gasteiger partial charge in [-0.1, -0.05) is 19.1 Å². The Morgan fingerprint density at radius 1 is 1.33 bits per heavy atom. The third kappa shape index (κ3) is 3.55. The maximum Gasteiger partial charge on any atom is 0.341 e. The summed E-state index contributed by atoms with van der Waals surface area (Å²) in [6, 6.07) is 5.61. The number of para-hydroxylation sites is 1. The van der Waals surface area contributed by atoms with Gasteiger partial charge in [0.15, 0.2) is 0 Å². The topological polar surface area (TPSA) is 46.2 Å². The molecule has 1 rings (SSSR count). The minimum absolute atomic E-state index is 0.106. The number of alkyl halides is 3. The lowest BCUT2D eigenvalue weighted by atomic mass is 10.2. The zero-order valence-corrected chi connectivity index (χ0v) is 11.3. The summed E-state index contributed by atoms with van der Waals surface area (Å²) < 4.78 is 47.9. The standard InChI is InChI=1S/C11H14ClF2NO2S/c1-8(6-12)7-15-9-4-2-3-5-10(9)18(16,17)11(13)14/h2-5,8,11,15H,6-7H2,1H3. The molecule has 0 fully saturated rings. The van der Waals surface area contributed by atoms with E-state index >= 15 is 0 Å². The van der Waals surface area contributed by atoms with Crippen LogP contribution in [0.25, 0.3) is 0 Å². The summed E-state index contributed by atoms with van der Waals surface area (Å²) in [5.74, 6) is -2.92. The van der Waals surface area contributed by atoms with E-state index in [1.807, 2.05) is 6.92 Å². The van der Waals surface area contributed by atoms with Crippen LogP contribution in [0.2, 0.25) is 0 Å². The number of hydrogen-bond donors (Lipinski definition) is 1. The quantitative estimate of drug-likeness (QED) is 0.821. The maximum atomic E-state index is 12.5. The van der Waals surface area contributed by atoms with Gasteiger partial charge in [0.2, 0.25) is 9.84 Å². The fraction of sp³-hybridized carbons (Fsp3) is 0.455. The van der Waals surface area contributed by atoms with Gasteiger partial charge in [0.1, 0.15) is 0 Å². The van der Waals surface area contributed by atoms with Crippen molar-refractivity contribution >= 4 is 27.1 Å². The summed E-state index contributed by atoms with van der Waals surface area (Å²) in [5.41, 5.74) is 0.176. The van der Waals surface area contributed by atoms with Crippen LogP contribution in [0.5, 0.6) is 0 Å². The van der Waals surface area contributed by atoms with Gasteiger partial charge in [0, 0.05) is 12.4 Å². The van der Waals surface area contributed by atoms with Gasteiger partial charge in [-0.15, -0.1) is 11.6 Å². The van der Waals surface area contributed by atoms with Crippen LogP contribution < -0.4 is 5.32 Å². The lowest BCUT2D eigenvalue weighted by Gasteiger charge is -2.14. The average molecular weight is 298 g/mol. The lowest BCUT2D eigenvalue weighted by Crippen LogP contribution is -2.17. The molecular weight excluding hydrogens is 284 g/mol. The highest BCUT2D eigenvalue weighted by molar-refractivity contribution is 7.91. The van der Waals surface area contributed by atoms with Crippen LogP contribution in [0.3, 0.4) is 0 Å². The van der Waals surface area contributed by atoms with Crippen LogP contribution in [0, 0.1) is 5.92 Å². The van der Waals surface area contributed by atoms with Crippen molar-refractivity contribution in [3.05, 3.63) is 24.3 Å². The zero-order valence-electron chi connectivity index (χ0n) is 9.74. The summed E-state index contributed by atoms with van der Waals surface area (Å²) in [5, 5.41) is 2.83. The molecule has 1 atom stereocenters. The Balaban J connectivity index is 3.01. The van der Waals surface area contributed by atoms with Crippen molar-refractivity contribution in [2.75, 3.05) is 17.7 Å². The smallest absolute Gasteiger partial charge is 0.341 e. The molecule has 0 aliphatic heterocycles. The number of hydrogen-bond acceptors (Lipinski definition) is 3. The van der Waals surface area contributed by atoms with Crippen molar-refractivity contribution < 1.29 is 17.2 Å². The summed E-state index contributed by atoms with van der Waals surface area (Å²) in [4.78, 5) is -0.387. The Morgan fingerprint density at radius 2 is 1.94 bits per heavy atom. The Morgan fingerprint density at radius 3 is 2.50 bits per heavy atom. The summed E-state index contributed by atoms with van der Waals surface area (Å²) >= 11 is 5.62. The van der Waals surface area contributed by atoms with Gasteiger partial charge in [-0.05, 0) is 18.1 Å². The molecule has 0 saturated carbocycles. The van der Waals surface area contributed by atoms with E-state index in [4.69, 9.17) is 11.6 Å². The number of nitrogens with one attached hydrogen (secondary N) is 1. The summed E-state index contributed by atoms with van der Waals surface area (Å²) in [7, 11) is -4.59. The Bertz CT molecular complexity index is 494. The van der Waals surface area contributed by atoms with Crippen LogP contribution >= 0.6 is 11.6 Å². The first-order chi connectivity index (χ1) is 8.39. The highest BCUT2D eigenvalue weighted by atomic mass is 35.5. The molecule has 0 aromatic heterocycles. The second kappa shape index (κ2) is 6.33. The molecule has 1 aromatic carbocycles. The van der Waals surface area contributed by atoms with Crippen molar-refractivity contribution in [3.8, 4) is 0 Å². The molecule has 1 unspecified atom stereocenters. The second-order valence-corrected chi connectivity index (χ2v) is 6.14. The molecule has 3 nitrogen and oxygen atoms in total. The number of benzene rings is 1. The maximum absolute atomic E-state index is 12.5. The fourth-order valence-corrected chi connectivity index (χ4v) is 2.31. The molecular formula is C11H14ClF2NO2S. The number of rotatable bonds is 6. The van der Waals surface area contributed by atoms with E-state index in [1.54, 1.807) is 6.07 Å². The molecule has 1 aromatic rings. The SMILES string of the molecule is CC(CCl)CNc1ccccc1S(=O)(=O)C(F)F. The zero-order chi connectivity index (χ0) is 13.8. The minimum atomic E-state index is -4.59. The van der Waals surface area contributed by atoms with E-state index in [0.29, 0.717) is 12.4 Å². The normalized spacial score (nSPS) is 13.6. The minimum Gasteiger partial charge on any atom is -0.384 e. The van der Waals surface area contributed by atoms with Crippen molar-refractivity contribution in [2.24, 2.45) is 5.92 Å². The molecule has 1 N–H and O–H groups in total. The summed E-state index contributed by atoms with van der Waals surface area (Å²) in [6.07, 6.45) is 0. The predicted molar refractivity (Wildman–Crippen MR) is 68.0 cm³/mol. The van der Waals surface area contributed by atoms with E-state index in [1.165, 1.54) is 12.1 Å². The Labute approximate surface area is 110 Å². The van der Waals surface area contributed by atoms with E-state index in [2.05, 4.69) is 5.32 Å². The van der Waals surface area contributed by atoms with Crippen molar-refractivity contribution in [3.63, 3.8) is 0 Å². The van der Waals surface area contributed by atoms with Gasteiger partial charge in [0.05, 0.1) is 10.6 Å².